The molecule has 0 aromatic heterocycles. The number of allylic oxidation sites excluding steroid dienone is 1. The highest BCUT2D eigenvalue weighted by molar-refractivity contribution is 6.21. The molecule has 3 aliphatic heterocycles. The van der Waals surface area contributed by atoms with E-state index in [9.17, 15) is 23.5 Å². The number of hydrogen-bond donors (Lipinski definition) is 2. The number of carbonyl (C=O) groups excluding carboxylic acids is 2. The predicted molar refractivity (Wildman–Crippen MR) is 106 cm³/mol. The molecular formula is C21H22ClF2N3O3. The average molecular weight is 438 g/mol. The zero-order chi connectivity index (χ0) is 21.6. The minimum absolute atomic E-state index is 0.143. The van der Waals surface area contributed by atoms with Gasteiger partial charge in [0.15, 0.2) is 0 Å². The van der Waals surface area contributed by atoms with Crippen LogP contribution in [0.5, 0.6) is 0 Å². The molecule has 1 aromatic rings. The van der Waals surface area contributed by atoms with Crippen LogP contribution in [0.1, 0.15) is 30.4 Å². The number of halogens is 3. The van der Waals surface area contributed by atoms with E-state index in [2.05, 4.69) is 5.32 Å². The molecule has 2 bridgehead atoms. The molecule has 6 nitrogen and oxygen atoms in total. The number of amides is 2. The van der Waals surface area contributed by atoms with Gasteiger partial charge in [-0.25, -0.2) is 8.78 Å². The Kier molecular flexibility index (Phi) is 5.44. The first-order chi connectivity index (χ1) is 14.3. The number of benzene rings is 1. The van der Waals surface area contributed by atoms with E-state index in [0.29, 0.717) is 25.1 Å². The van der Waals surface area contributed by atoms with Gasteiger partial charge in [-0.1, -0.05) is 0 Å². The predicted octanol–water partition coefficient (Wildman–Crippen LogP) is 2.86. The molecule has 160 valence electrons. The summed E-state index contributed by atoms with van der Waals surface area (Å²) in [4.78, 5) is 28.7. The summed E-state index contributed by atoms with van der Waals surface area (Å²) in [6.07, 6.45) is 2.85. The number of alkyl halides is 1. The van der Waals surface area contributed by atoms with Gasteiger partial charge in [0.05, 0.1) is 11.4 Å². The molecule has 3 heterocycles. The van der Waals surface area contributed by atoms with Crippen molar-refractivity contribution in [3.8, 4) is 0 Å². The maximum atomic E-state index is 14.0. The van der Waals surface area contributed by atoms with Crippen LogP contribution in [0.25, 0.3) is 0 Å². The number of aliphatic hydroxyl groups is 1. The monoisotopic (exact) mass is 437 g/mol. The number of rotatable bonds is 3. The van der Waals surface area contributed by atoms with Gasteiger partial charge >= 0.3 is 0 Å². The second-order valence-electron chi connectivity index (χ2n) is 7.90. The van der Waals surface area contributed by atoms with Gasteiger partial charge in [0.25, 0.3) is 5.91 Å². The first-order valence-corrected chi connectivity index (χ1v) is 10.3. The Bertz CT molecular complexity index is 955. The first-order valence-electron chi connectivity index (χ1n) is 9.83. The number of hydrogen-bond acceptors (Lipinski definition) is 4. The van der Waals surface area contributed by atoms with Crippen molar-refractivity contribution >= 4 is 23.4 Å². The lowest BCUT2D eigenvalue weighted by Crippen LogP contribution is -2.55. The van der Waals surface area contributed by atoms with Crippen molar-refractivity contribution in [2.45, 2.75) is 44.1 Å². The van der Waals surface area contributed by atoms with Crippen molar-refractivity contribution in [3.05, 3.63) is 58.1 Å². The van der Waals surface area contributed by atoms with Crippen molar-refractivity contribution < 1.29 is 23.5 Å². The Morgan fingerprint density at radius 3 is 2.73 bits per heavy atom. The van der Waals surface area contributed by atoms with Gasteiger partial charge in [-0.2, -0.15) is 0 Å². The molecule has 0 saturated carbocycles. The normalized spacial score (nSPS) is 23.7. The Labute approximate surface area is 177 Å². The van der Waals surface area contributed by atoms with Crippen molar-refractivity contribution in [1.82, 2.24) is 15.1 Å². The summed E-state index contributed by atoms with van der Waals surface area (Å²) in [7, 11) is 0. The molecule has 2 saturated heterocycles. The molecule has 2 amide bonds. The van der Waals surface area contributed by atoms with Gasteiger partial charge in [-0.3, -0.25) is 9.59 Å². The third kappa shape index (κ3) is 3.64. The van der Waals surface area contributed by atoms with Gasteiger partial charge in [0.1, 0.15) is 23.1 Å². The van der Waals surface area contributed by atoms with Crippen LogP contribution >= 0.6 is 11.6 Å². The van der Waals surface area contributed by atoms with Gasteiger partial charge in [0.2, 0.25) is 5.91 Å². The van der Waals surface area contributed by atoms with Crippen LogP contribution in [0.15, 0.2) is 35.4 Å². The standard InChI is InChI=1S/C21H22ClF2N3O3/c1-11-5-15(23)13(16(24)6-11)8-25-20(29)12-7-18(28)19-21(30)26-4-2-3-14(22)17(10-26)27(19)9-12/h5-6,9,14,17,28H,2-4,7-8,10H2,1H3,(H,25,29). The summed E-state index contributed by atoms with van der Waals surface area (Å²) in [5.41, 5.74) is 0.546. The molecule has 4 rings (SSSR count). The number of aryl methyl sites for hydroxylation is 1. The maximum Gasteiger partial charge on any atom is 0.274 e. The molecule has 0 aliphatic carbocycles. The van der Waals surface area contributed by atoms with E-state index in [1.807, 2.05) is 0 Å². The minimum Gasteiger partial charge on any atom is -0.510 e. The maximum absolute atomic E-state index is 14.0. The molecule has 2 fully saturated rings. The highest BCUT2D eigenvalue weighted by Gasteiger charge is 2.44. The SMILES string of the molecule is Cc1cc(F)c(CNC(=O)C2=CN3C(=C(O)C2)C(=O)N2CCCC(Cl)C3C2)c(F)c1. The number of fused-ring (bicyclic) bond motifs is 4. The molecule has 2 atom stereocenters. The fraction of sp³-hybridized carbons (Fsp3) is 0.429. The summed E-state index contributed by atoms with van der Waals surface area (Å²) in [5.74, 6) is -2.54. The smallest absolute Gasteiger partial charge is 0.274 e. The Morgan fingerprint density at radius 1 is 1.33 bits per heavy atom. The topological polar surface area (TPSA) is 72.9 Å². The quantitative estimate of drug-likeness (QED) is 0.713. The molecule has 1 aromatic carbocycles. The van der Waals surface area contributed by atoms with Gasteiger partial charge in [0, 0.05) is 43.4 Å². The van der Waals surface area contributed by atoms with Gasteiger partial charge in [-0.15, -0.1) is 11.6 Å². The summed E-state index contributed by atoms with van der Waals surface area (Å²) in [6.45, 7) is 2.23. The van der Waals surface area contributed by atoms with Crippen LogP contribution < -0.4 is 5.32 Å². The molecule has 2 N–H and O–H groups in total. The van der Waals surface area contributed by atoms with E-state index in [1.165, 1.54) is 18.3 Å². The van der Waals surface area contributed by atoms with Crippen molar-refractivity contribution in [2.75, 3.05) is 13.1 Å². The number of aliphatic hydroxyl groups excluding tert-OH is 1. The zero-order valence-electron chi connectivity index (χ0n) is 16.4. The fourth-order valence-corrected chi connectivity index (χ4v) is 4.56. The molecule has 0 spiro atoms. The summed E-state index contributed by atoms with van der Waals surface area (Å²) in [5, 5.41) is 12.8. The van der Waals surface area contributed by atoms with Gasteiger partial charge < -0.3 is 20.2 Å². The van der Waals surface area contributed by atoms with Crippen LogP contribution in [-0.2, 0) is 16.1 Å². The van der Waals surface area contributed by atoms with Crippen molar-refractivity contribution in [2.24, 2.45) is 0 Å². The number of piperazine rings is 1. The van der Waals surface area contributed by atoms with E-state index in [0.717, 1.165) is 6.42 Å². The Balaban J connectivity index is 1.55. The second-order valence-corrected chi connectivity index (χ2v) is 8.46. The van der Waals surface area contributed by atoms with Crippen molar-refractivity contribution in [3.63, 3.8) is 0 Å². The van der Waals surface area contributed by atoms with Crippen LogP contribution in [0.4, 0.5) is 8.78 Å². The fourth-order valence-electron chi connectivity index (χ4n) is 4.20. The van der Waals surface area contributed by atoms with Crippen molar-refractivity contribution in [1.29, 1.82) is 0 Å². The number of nitrogens with one attached hydrogen (secondary N) is 1. The van der Waals surface area contributed by atoms with Crippen LogP contribution in [0, 0.1) is 18.6 Å². The van der Waals surface area contributed by atoms with Gasteiger partial charge in [-0.05, 0) is 37.5 Å². The van der Waals surface area contributed by atoms with Crippen LogP contribution in [0.3, 0.4) is 0 Å². The summed E-state index contributed by atoms with van der Waals surface area (Å²) < 4.78 is 28.1. The molecule has 2 unspecified atom stereocenters. The first kappa shape index (κ1) is 20.7. The number of nitrogens with zero attached hydrogens (tertiary/aromatic N) is 2. The van der Waals surface area contributed by atoms with E-state index in [-0.39, 0.29) is 52.9 Å². The highest BCUT2D eigenvalue weighted by Crippen LogP contribution is 2.35. The van der Waals surface area contributed by atoms with Crippen LogP contribution in [0.2, 0.25) is 0 Å². The molecule has 9 heteroatoms. The third-order valence-corrected chi connectivity index (χ3v) is 6.28. The lowest BCUT2D eigenvalue weighted by Gasteiger charge is -2.43. The largest absolute Gasteiger partial charge is 0.510 e. The lowest BCUT2D eigenvalue weighted by atomic mass is 9.99. The van der Waals surface area contributed by atoms with E-state index in [4.69, 9.17) is 11.6 Å². The number of carbonyl (C=O) groups is 2. The zero-order valence-corrected chi connectivity index (χ0v) is 17.2. The summed E-state index contributed by atoms with van der Waals surface area (Å²) in [6, 6.07) is 2.13. The average Bonchev–Trinajstić information content (AvgIpc) is 2.84. The Morgan fingerprint density at radius 2 is 2.03 bits per heavy atom. The third-order valence-electron chi connectivity index (χ3n) is 5.77. The molecular weight excluding hydrogens is 416 g/mol. The minimum atomic E-state index is -0.736. The Hall–Kier alpha value is -2.61. The molecule has 3 aliphatic rings. The molecule has 0 radical (unpaired) electrons. The highest BCUT2D eigenvalue weighted by atomic mass is 35.5. The van der Waals surface area contributed by atoms with E-state index < -0.39 is 17.5 Å². The van der Waals surface area contributed by atoms with E-state index in [1.54, 1.807) is 16.7 Å². The van der Waals surface area contributed by atoms with E-state index >= 15 is 0 Å². The van der Waals surface area contributed by atoms with Crippen LogP contribution in [-0.4, -0.2) is 51.2 Å². The molecule has 30 heavy (non-hydrogen) atoms. The second kappa shape index (κ2) is 7.91. The lowest BCUT2D eigenvalue weighted by molar-refractivity contribution is -0.132. The summed E-state index contributed by atoms with van der Waals surface area (Å²) >= 11 is 6.52.